The Balaban J connectivity index is 1.40. The summed E-state index contributed by atoms with van der Waals surface area (Å²) in [5.41, 5.74) is 4.08. The van der Waals surface area contributed by atoms with E-state index < -0.39 is 52.3 Å². The van der Waals surface area contributed by atoms with E-state index in [1.807, 2.05) is 6.08 Å². The van der Waals surface area contributed by atoms with Gasteiger partial charge in [0, 0.05) is 10.9 Å². The Morgan fingerprint density at radius 1 is 0.880 bits per heavy atom. The van der Waals surface area contributed by atoms with Crippen LogP contribution in [-0.2, 0) is 21.5 Å². The molecule has 3 heterocycles. The molecule has 2 aliphatic heterocycles. The number of anilines is 1. The Kier molecular flexibility index (Phi) is 7.23. The largest absolute Gasteiger partial charge is 0.507 e. The van der Waals surface area contributed by atoms with Crippen molar-refractivity contribution in [3.63, 3.8) is 0 Å². The predicted octanol–water partition coefficient (Wildman–Crippen LogP) is 5.53. The number of phenolic OH excluding ortho intramolecular Hbond substituents is 1. The van der Waals surface area contributed by atoms with Gasteiger partial charge >= 0.3 is 11.4 Å². The minimum absolute atomic E-state index is 0.0192. The van der Waals surface area contributed by atoms with Gasteiger partial charge in [-0.2, -0.15) is 5.01 Å². The Bertz CT molecular complexity index is 2340. The number of rotatable bonds is 5. The number of imide groups is 1. The molecule has 3 aliphatic rings. The molecule has 252 valence electrons. The molecule has 4 aromatic carbocycles. The molecule has 2 N–H and O–H groups in total. The van der Waals surface area contributed by atoms with E-state index >= 15 is 4.79 Å². The highest BCUT2D eigenvalue weighted by atomic mass is 35.5. The second-order valence-electron chi connectivity index (χ2n) is 13.1. The Morgan fingerprint density at radius 3 is 2.20 bits per heavy atom. The lowest BCUT2D eigenvalue weighted by Gasteiger charge is -2.49. The maximum absolute atomic E-state index is 15.2. The van der Waals surface area contributed by atoms with Gasteiger partial charge in [0.05, 0.1) is 35.3 Å². The van der Waals surface area contributed by atoms with Crippen LogP contribution in [0.1, 0.15) is 40.6 Å². The van der Waals surface area contributed by atoms with E-state index in [1.54, 1.807) is 80.6 Å². The first-order valence-electron chi connectivity index (χ1n) is 16.2. The molecule has 1 aliphatic carbocycles. The van der Waals surface area contributed by atoms with Crippen LogP contribution in [0.25, 0.3) is 5.69 Å². The maximum Gasteiger partial charge on any atom is 0.352 e. The van der Waals surface area contributed by atoms with E-state index in [0.29, 0.717) is 44.2 Å². The number of aromatic nitrogens is 3. The number of aryl methyl sites for hydroxylation is 2. The van der Waals surface area contributed by atoms with Crippen molar-refractivity contribution in [1.82, 2.24) is 18.9 Å². The molecule has 0 radical (unpaired) electrons. The standard InChI is InChI=1S/C38H31ClFN5O5/c1-21-18-23(19-22(2)33(21)46)32-29-16-17-42-36(49)43(28-6-4-3-5-7-28)37(50)45(42)31(29)20-30-34(47)44(41-27-14-12-26(40)13-15-27)35(48)38(30,32)24-8-10-25(39)11-9-24/h3-16,18-19,30-32,41,46H,17,20H2,1-2H3. The lowest BCUT2D eigenvalue weighted by atomic mass is 9.53. The van der Waals surface area contributed by atoms with Gasteiger partial charge < -0.3 is 5.11 Å². The summed E-state index contributed by atoms with van der Waals surface area (Å²) in [4.78, 5) is 58.0. The van der Waals surface area contributed by atoms with Gasteiger partial charge in [0.1, 0.15) is 11.6 Å². The molecular formula is C38H31ClFN5O5. The highest BCUT2D eigenvalue weighted by molar-refractivity contribution is 6.30. The van der Waals surface area contributed by atoms with Crippen molar-refractivity contribution >= 4 is 29.1 Å². The first-order chi connectivity index (χ1) is 24.0. The van der Waals surface area contributed by atoms with Crippen molar-refractivity contribution in [3.05, 3.63) is 157 Å². The number of carbonyl (C=O) groups is 2. The molecular weight excluding hydrogens is 661 g/mol. The Morgan fingerprint density at radius 2 is 1.54 bits per heavy atom. The molecule has 5 aromatic rings. The number of amides is 2. The first kappa shape index (κ1) is 31.6. The van der Waals surface area contributed by atoms with Crippen LogP contribution in [0.2, 0.25) is 5.02 Å². The molecule has 2 amide bonds. The summed E-state index contributed by atoms with van der Waals surface area (Å²) in [5, 5.41) is 12.2. The summed E-state index contributed by atoms with van der Waals surface area (Å²) in [7, 11) is 0. The number of aromatic hydroxyl groups is 1. The van der Waals surface area contributed by atoms with Gasteiger partial charge in [0.25, 0.3) is 11.8 Å². The second-order valence-corrected chi connectivity index (χ2v) is 13.5. The van der Waals surface area contributed by atoms with E-state index in [2.05, 4.69) is 5.43 Å². The molecule has 0 bridgehead atoms. The second kappa shape index (κ2) is 11.4. The summed E-state index contributed by atoms with van der Waals surface area (Å²) in [6, 6.07) is 23.6. The summed E-state index contributed by atoms with van der Waals surface area (Å²) in [6.07, 6.45) is 1.90. The third-order valence-electron chi connectivity index (χ3n) is 10.4. The van der Waals surface area contributed by atoms with Crippen LogP contribution in [0.15, 0.2) is 112 Å². The third-order valence-corrected chi connectivity index (χ3v) is 10.6. The van der Waals surface area contributed by atoms with Gasteiger partial charge in [-0.15, -0.1) is 0 Å². The zero-order valence-electron chi connectivity index (χ0n) is 27.0. The van der Waals surface area contributed by atoms with Crippen LogP contribution in [0.3, 0.4) is 0 Å². The predicted molar refractivity (Wildman–Crippen MR) is 185 cm³/mol. The van der Waals surface area contributed by atoms with Gasteiger partial charge in [0.2, 0.25) is 0 Å². The fourth-order valence-corrected chi connectivity index (χ4v) is 8.37. The quantitative estimate of drug-likeness (QED) is 0.185. The Labute approximate surface area is 290 Å². The van der Waals surface area contributed by atoms with Crippen molar-refractivity contribution in [1.29, 1.82) is 0 Å². The average molecular weight is 692 g/mol. The van der Waals surface area contributed by atoms with E-state index in [9.17, 15) is 23.9 Å². The zero-order chi connectivity index (χ0) is 35.1. The van der Waals surface area contributed by atoms with Crippen LogP contribution >= 0.6 is 11.6 Å². The number of benzene rings is 4. The molecule has 1 saturated heterocycles. The van der Waals surface area contributed by atoms with Gasteiger partial charge in [-0.1, -0.05) is 60.1 Å². The topological polar surface area (TPSA) is 119 Å². The minimum atomic E-state index is -1.54. The third kappa shape index (κ3) is 4.46. The highest BCUT2D eigenvalue weighted by Crippen LogP contribution is 2.62. The molecule has 2 fully saturated rings. The van der Waals surface area contributed by atoms with Crippen molar-refractivity contribution < 1.29 is 19.1 Å². The molecule has 10 nitrogen and oxygen atoms in total. The highest BCUT2D eigenvalue weighted by Gasteiger charge is 2.68. The van der Waals surface area contributed by atoms with Gasteiger partial charge in [-0.05, 0) is 96.6 Å². The number of nitrogens with one attached hydrogen (secondary N) is 1. The molecule has 0 spiro atoms. The number of hydrazine groups is 1. The summed E-state index contributed by atoms with van der Waals surface area (Å²) < 4.78 is 17.7. The number of allylic oxidation sites excluding steroid dienone is 2. The van der Waals surface area contributed by atoms with Crippen LogP contribution in [0.4, 0.5) is 10.1 Å². The molecule has 4 unspecified atom stereocenters. The number of halogens is 2. The van der Waals surface area contributed by atoms with Gasteiger partial charge in [-0.25, -0.2) is 27.9 Å². The van der Waals surface area contributed by atoms with Crippen LogP contribution < -0.4 is 16.8 Å². The van der Waals surface area contributed by atoms with E-state index in [4.69, 9.17) is 11.6 Å². The molecule has 4 atom stereocenters. The lowest BCUT2D eigenvalue weighted by Crippen LogP contribution is -2.53. The molecule has 1 aromatic heterocycles. The monoisotopic (exact) mass is 691 g/mol. The number of hydrogen-bond donors (Lipinski definition) is 2. The Hall–Kier alpha value is -5.68. The average Bonchev–Trinajstić information content (AvgIpc) is 3.49. The smallest absolute Gasteiger partial charge is 0.352 e. The molecule has 8 rings (SSSR count). The summed E-state index contributed by atoms with van der Waals surface area (Å²) >= 11 is 6.35. The number of hydrogen-bond acceptors (Lipinski definition) is 6. The first-order valence-corrected chi connectivity index (χ1v) is 16.6. The van der Waals surface area contributed by atoms with E-state index in [1.165, 1.54) is 33.6 Å². The van der Waals surface area contributed by atoms with E-state index in [0.717, 1.165) is 9.58 Å². The van der Waals surface area contributed by atoms with Crippen molar-refractivity contribution in [2.24, 2.45) is 5.92 Å². The number of carbonyl (C=O) groups excluding carboxylic acids is 2. The SMILES string of the molecule is Cc1cc(C2C3=CCn4c(=O)n(-c5ccccc5)c(=O)n4C3CC3C(=O)N(Nc4ccc(F)cc4)C(=O)C32c2ccc(Cl)cc2)cc(C)c1O. The van der Waals surface area contributed by atoms with Crippen molar-refractivity contribution in [2.45, 2.75) is 44.2 Å². The number of para-hydroxylation sites is 1. The fourth-order valence-electron chi connectivity index (χ4n) is 8.25. The summed E-state index contributed by atoms with van der Waals surface area (Å²) in [6.45, 7) is 3.58. The zero-order valence-corrected chi connectivity index (χ0v) is 27.8. The molecule has 50 heavy (non-hydrogen) atoms. The van der Waals surface area contributed by atoms with Crippen LogP contribution in [-0.4, -0.2) is 35.9 Å². The maximum atomic E-state index is 15.2. The van der Waals surface area contributed by atoms with Gasteiger partial charge in [-0.3, -0.25) is 15.0 Å². The van der Waals surface area contributed by atoms with Crippen LogP contribution in [0.5, 0.6) is 5.75 Å². The summed E-state index contributed by atoms with van der Waals surface area (Å²) in [5.74, 6) is -3.30. The number of nitrogens with zero attached hydrogens (tertiary/aromatic N) is 4. The van der Waals surface area contributed by atoms with Crippen molar-refractivity contribution in [3.8, 4) is 11.4 Å². The molecule has 12 heteroatoms. The lowest BCUT2D eigenvalue weighted by molar-refractivity contribution is -0.138. The normalized spacial score (nSPS) is 22.5. The number of fused-ring (bicyclic) bond motifs is 4. The van der Waals surface area contributed by atoms with Crippen LogP contribution in [0, 0.1) is 25.6 Å². The fraction of sp³-hybridized carbons (Fsp3) is 0.211. The number of phenols is 1. The van der Waals surface area contributed by atoms with Crippen molar-refractivity contribution in [2.75, 3.05) is 5.43 Å². The van der Waals surface area contributed by atoms with E-state index in [-0.39, 0.29) is 18.7 Å². The molecule has 1 saturated carbocycles. The van der Waals surface area contributed by atoms with Gasteiger partial charge in [0.15, 0.2) is 0 Å². The minimum Gasteiger partial charge on any atom is -0.507 e.